The fraction of sp³-hybridized carbons (Fsp3) is 0.357. The van der Waals surface area contributed by atoms with E-state index in [1.54, 1.807) is 11.3 Å². The second-order valence-corrected chi connectivity index (χ2v) is 5.46. The molecule has 0 bridgehead atoms. The van der Waals surface area contributed by atoms with Crippen molar-refractivity contribution in [2.75, 3.05) is 18.5 Å². The predicted octanol–water partition coefficient (Wildman–Crippen LogP) is 2.59. The summed E-state index contributed by atoms with van der Waals surface area (Å²) in [7, 11) is 2.08. The highest BCUT2D eigenvalue weighted by Gasteiger charge is 2.05. The van der Waals surface area contributed by atoms with E-state index >= 15 is 0 Å². The summed E-state index contributed by atoms with van der Waals surface area (Å²) in [4.78, 5) is 8.15. The van der Waals surface area contributed by atoms with Crippen LogP contribution >= 0.6 is 11.3 Å². The minimum absolute atomic E-state index is 0.565. The predicted molar refractivity (Wildman–Crippen MR) is 78.2 cm³/mol. The van der Waals surface area contributed by atoms with Crippen molar-refractivity contribution < 1.29 is 0 Å². The van der Waals surface area contributed by atoms with Gasteiger partial charge in [-0.15, -0.1) is 11.3 Å². The summed E-state index contributed by atoms with van der Waals surface area (Å²) >= 11 is 1.80. The van der Waals surface area contributed by atoms with Crippen molar-refractivity contribution >= 4 is 17.2 Å². The summed E-state index contributed by atoms with van der Waals surface area (Å²) in [6.45, 7) is 3.55. The molecule has 2 aromatic rings. The third-order valence-corrected chi connectivity index (χ3v) is 3.84. The van der Waals surface area contributed by atoms with Gasteiger partial charge in [0.25, 0.3) is 0 Å². The van der Waals surface area contributed by atoms with Crippen molar-refractivity contribution in [3.8, 4) is 0 Å². The fourth-order valence-electron chi connectivity index (χ4n) is 1.88. The molecule has 0 aliphatic carbocycles. The lowest BCUT2D eigenvalue weighted by molar-refractivity contribution is 0.861. The lowest BCUT2D eigenvalue weighted by Crippen LogP contribution is -2.21. The first-order valence-corrected chi connectivity index (χ1v) is 6.98. The van der Waals surface area contributed by atoms with Crippen LogP contribution in [0.25, 0.3) is 0 Å². The van der Waals surface area contributed by atoms with Gasteiger partial charge in [0.15, 0.2) is 0 Å². The van der Waals surface area contributed by atoms with Crippen molar-refractivity contribution in [2.45, 2.75) is 19.9 Å². The second kappa shape index (κ2) is 5.98. The largest absolute Gasteiger partial charge is 0.359 e. The Morgan fingerprint density at radius 3 is 2.89 bits per heavy atom. The normalized spacial score (nSPS) is 10.6. The molecule has 2 heterocycles. The number of hydrogen-bond acceptors (Lipinski definition) is 4. The molecule has 3 nitrogen and oxygen atoms in total. The molecule has 96 valence electrons. The van der Waals surface area contributed by atoms with Crippen LogP contribution in [0.4, 0.5) is 5.82 Å². The van der Waals surface area contributed by atoms with Gasteiger partial charge in [0, 0.05) is 30.7 Å². The van der Waals surface area contributed by atoms with E-state index in [1.165, 1.54) is 4.88 Å². The molecule has 0 amide bonds. The number of anilines is 1. The highest BCUT2D eigenvalue weighted by atomic mass is 32.1. The van der Waals surface area contributed by atoms with Crippen LogP contribution in [0, 0.1) is 6.92 Å². The maximum atomic E-state index is 5.69. The van der Waals surface area contributed by atoms with Crippen molar-refractivity contribution in [3.05, 3.63) is 45.8 Å². The Morgan fingerprint density at radius 2 is 2.22 bits per heavy atom. The van der Waals surface area contributed by atoms with Crippen LogP contribution < -0.4 is 10.6 Å². The molecule has 4 heteroatoms. The molecule has 0 saturated heterocycles. The van der Waals surface area contributed by atoms with Gasteiger partial charge < -0.3 is 10.6 Å². The maximum Gasteiger partial charge on any atom is 0.128 e. The lowest BCUT2D eigenvalue weighted by atomic mass is 10.2. The number of pyridine rings is 1. The van der Waals surface area contributed by atoms with E-state index in [9.17, 15) is 0 Å². The Bertz CT molecular complexity index is 494. The van der Waals surface area contributed by atoms with Crippen LogP contribution in [-0.4, -0.2) is 18.6 Å². The lowest BCUT2D eigenvalue weighted by Gasteiger charge is -2.19. The smallest absolute Gasteiger partial charge is 0.128 e. The quantitative estimate of drug-likeness (QED) is 0.899. The highest BCUT2D eigenvalue weighted by molar-refractivity contribution is 7.09. The van der Waals surface area contributed by atoms with Crippen LogP contribution in [0.2, 0.25) is 0 Å². The van der Waals surface area contributed by atoms with Crippen LogP contribution in [0.3, 0.4) is 0 Å². The molecular formula is C14H19N3S. The van der Waals surface area contributed by atoms with Gasteiger partial charge in [0.1, 0.15) is 5.82 Å². The number of nitrogens with two attached hydrogens (primary N) is 1. The molecule has 2 aromatic heterocycles. The van der Waals surface area contributed by atoms with Gasteiger partial charge >= 0.3 is 0 Å². The zero-order chi connectivity index (χ0) is 13.0. The maximum absolute atomic E-state index is 5.69. The minimum atomic E-state index is 0.565. The van der Waals surface area contributed by atoms with Gasteiger partial charge in [0.05, 0.1) is 0 Å². The van der Waals surface area contributed by atoms with E-state index in [1.807, 2.05) is 13.0 Å². The summed E-state index contributed by atoms with van der Waals surface area (Å²) in [6, 6.07) is 8.38. The number of thiophene rings is 1. The molecular weight excluding hydrogens is 242 g/mol. The SMILES string of the molecule is Cc1cc(CN)cc(N(C)CCc2cccs2)n1. The van der Waals surface area contributed by atoms with Crippen molar-refractivity contribution in [3.63, 3.8) is 0 Å². The summed E-state index contributed by atoms with van der Waals surface area (Å²) in [5.74, 6) is 1.01. The average molecular weight is 261 g/mol. The monoisotopic (exact) mass is 261 g/mol. The molecule has 0 unspecified atom stereocenters. The zero-order valence-electron chi connectivity index (χ0n) is 10.9. The molecule has 0 aliphatic rings. The number of likely N-dealkylation sites (N-methyl/N-ethyl adjacent to an activating group) is 1. The number of aryl methyl sites for hydroxylation is 1. The van der Waals surface area contributed by atoms with Crippen LogP contribution in [-0.2, 0) is 13.0 Å². The Balaban J connectivity index is 2.03. The third-order valence-electron chi connectivity index (χ3n) is 2.90. The number of aromatic nitrogens is 1. The van der Waals surface area contributed by atoms with Crippen LogP contribution in [0.15, 0.2) is 29.6 Å². The Labute approximate surface area is 112 Å². The average Bonchev–Trinajstić information content (AvgIpc) is 2.88. The van der Waals surface area contributed by atoms with Gasteiger partial charge in [0.2, 0.25) is 0 Å². The fourth-order valence-corrected chi connectivity index (χ4v) is 2.58. The van der Waals surface area contributed by atoms with Gasteiger partial charge in [-0.3, -0.25) is 0 Å². The standard InChI is InChI=1S/C14H19N3S/c1-11-8-12(10-15)9-14(16-11)17(2)6-5-13-4-3-7-18-13/h3-4,7-9H,5-6,10,15H2,1-2H3. The summed E-state index contributed by atoms with van der Waals surface area (Å²) in [6.07, 6.45) is 1.06. The zero-order valence-corrected chi connectivity index (χ0v) is 11.7. The minimum Gasteiger partial charge on any atom is -0.359 e. The van der Waals surface area contributed by atoms with E-state index in [-0.39, 0.29) is 0 Å². The van der Waals surface area contributed by atoms with Gasteiger partial charge in [-0.2, -0.15) is 0 Å². The Kier molecular flexibility index (Phi) is 4.33. The highest BCUT2D eigenvalue weighted by Crippen LogP contribution is 2.15. The van der Waals surface area contributed by atoms with E-state index in [0.29, 0.717) is 6.54 Å². The summed E-state index contributed by atoms with van der Waals surface area (Å²) in [5.41, 5.74) is 7.86. The molecule has 2 rings (SSSR count). The first kappa shape index (κ1) is 13.1. The topological polar surface area (TPSA) is 42.1 Å². The molecule has 0 radical (unpaired) electrons. The van der Waals surface area contributed by atoms with E-state index in [0.717, 1.165) is 30.0 Å². The molecule has 18 heavy (non-hydrogen) atoms. The van der Waals surface area contributed by atoms with Crippen molar-refractivity contribution in [1.82, 2.24) is 4.98 Å². The van der Waals surface area contributed by atoms with Gasteiger partial charge in [-0.25, -0.2) is 4.98 Å². The number of nitrogens with zero attached hydrogens (tertiary/aromatic N) is 2. The van der Waals surface area contributed by atoms with E-state index in [4.69, 9.17) is 5.73 Å². The molecule has 0 saturated carbocycles. The molecule has 0 fully saturated rings. The molecule has 0 spiro atoms. The Morgan fingerprint density at radius 1 is 1.39 bits per heavy atom. The second-order valence-electron chi connectivity index (χ2n) is 4.43. The summed E-state index contributed by atoms with van der Waals surface area (Å²) < 4.78 is 0. The van der Waals surface area contributed by atoms with Gasteiger partial charge in [-0.1, -0.05) is 6.07 Å². The first-order valence-electron chi connectivity index (χ1n) is 6.10. The van der Waals surface area contributed by atoms with Crippen LogP contribution in [0.5, 0.6) is 0 Å². The Hall–Kier alpha value is -1.39. The molecule has 2 N–H and O–H groups in total. The van der Waals surface area contributed by atoms with Gasteiger partial charge in [-0.05, 0) is 42.5 Å². The number of hydrogen-bond donors (Lipinski definition) is 1. The van der Waals surface area contributed by atoms with Crippen molar-refractivity contribution in [1.29, 1.82) is 0 Å². The number of rotatable bonds is 5. The van der Waals surface area contributed by atoms with Crippen molar-refractivity contribution in [2.24, 2.45) is 5.73 Å². The van der Waals surface area contributed by atoms with E-state index in [2.05, 4.69) is 40.5 Å². The molecule has 0 aromatic carbocycles. The third kappa shape index (κ3) is 3.31. The summed E-state index contributed by atoms with van der Waals surface area (Å²) in [5, 5.41) is 2.12. The first-order chi connectivity index (χ1) is 8.69. The van der Waals surface area contributed by atoms with E-state index < -0.39 is 0 Å². The molecule has 0 aliphatic heterocycles. The molecule has 0 atom stereocenters. The van der Waals surface area contributed by atoms with Crippen LogP contribution in [0.1, 0.15) is 16.1 Å².